The molecule has 0 aliphatic carbocycles. The van der Waals surface area contributed by atoms with Crippen LogP contribution in [0.1, 0.15) is 12.5 Å². The molecule has 92 valence electrons. The molecular weight excluding hydrogens is 224 g/mol. The van der Waals surface area contributed by atoms with Gasteiger partial charge in [0.25, 0.3) is 0 Å². The Morgan fingerprint density at radius 3 is 2.53 bits per heavy atom. The van der Waals surface area contributed by atoms with Gasteiger partial charge in [0, 0.05) is 6.07 Å². The molecule has 0 bridgehead atoms. The van der Waals surface area contributed by atoms with E-state index in [-0.39, 0.29) is 12.2 Å². The van der Waals surface area contributed by atoms with Gasteiger partial charge in [0.1, 0.15) is 19.0 Å². The molecule has 0 amide bonds. The maximum Gasteiger partial charge on any atom is 0.306 e. The lowest BCUT2D eigenvalue weighted by molar-refractivity contribution is -0.141. The minimum Gasteiger partial charge on any atom is -0.508 e. The van der Waals surface area contributed by atoms with Crippen molar-refractivity contribution in [1.29, 1.82) is 0 Å². The van der Waals surface area contributed by atoms with Crippen molar-refractivity contribution in [2.75, 3.05) is 13.2 Å². The summed E-state index contributed by atoms with van der Waals surface area (Å²) >= 11 is 0. The van der Waals surface area contributed by atoms with E-state index in [0.717, 1.165) is 0 Å². The van der Waals surface area contributed by atoms with Crippen LogP contribution in [0.3, 0.4) is 0 Å². The van der Waals surface area contributed by atoms with Crippen molar-refractivity contribution in [2.45, 2.75) is 13.3 Å². The zero-order valence-electron chi connectivity index (χ0n) is 9.47. The molecule has 2 N–H and O–H groups in total. The molecule has 1 aromatic carbocycles. The van der Waals surface area contributed by atoms with Crippen molar-refractivity contribution in [1.82, 2.24) is 0 Å². The maximum atomic E-state index is 10.8. The molecule has 0 saturated heterocycles. The summed E-state index contributed by atoms with van der Waals surface area (Å²) in [6.45, 7) is 2.52. The fourth-order valence-corrected chi connectivity index (χ4v) is 1.70. The van der Waals surface area contributed by atoms with Crippen molar-refractivity contribution in [3.8, 4) is 17.2 Å². The second-order valence-corrected chi connectivity index (χ2v) is 4.07. The number of fused-ring (bicyclic) bond motifs is 1. The van der Waals surface area contributed by atoms with Gasteiger partial charge < -0.3 is 19.7 Å². The summed E-state index contributed by atoms with van der Waals surface area (Å²) in [4.78, 5) is 10.8. The number of aromatic hydroxyl groups is 1. The molecule has 0 aromatic heterocycles. The summed E-state index contributed by atoms with van der Waals surface area (Å²) in [7, 11) is 0. The number of carbonyl (C=O) groups is 1. The van der Waals surface area contributed by atoms with Crippen molar-refractivity contribution >= 4 is 5.97 Å². The summed E-state index contributed by atoms with van der Waals surface area (Å²) in [6, 6.07) is 3.11. The van der Waals surface area contributed by atoms with Gasteiger partial charge in [0.2, 0.25) is 0 Å². The van der Waals surface area contributed by atoms with Crippen LogP contribution in [0.15, 0.2) is 12.1 Å². The van der Waals surface area contributed by atoms with Gasteiger partial charge >= 0.3 is 5.97 Å². The van der Waals surface area contributed by atoms with Crippen molar-refractivity contribution in [3.05, 3.63) is 17.7 Å². The third-order valence-electron chi connectivity index (χ3n) is 2.69. The molecule has 1 heterocycles. The zero-order valence-corrected chi connectivity index (χ0v) is 9.47. The Balaban J connectivity index is 2.25. The zero-order chi connectivity index (χ0) is 12.4. The van der Waals surface area contributed by atoms with E-state index >= 15 is 0 Å². The van der Waals surface area contributed by atoms with Crippen LogP contribution in [0.25, 0.3) is 0 Å². The van der Waals surface area contributed by atoms with Crippen LogP contribution in [0.2, 0.25) is 0 Å². The lowest BCUT2D eigenvalue weighted by Crippen LogP contribution is -2.16. The number of aliphatic carboxylic acids is 1. The highest BCUT2D eigenvalue weighted by Crippen LogP contribution is 2.37. The van der Waals surface area contributed by atoms with Gasteiger partial charge in [-0.25, -0.2) is 0 Å². The number of hydrogen-bond donors (Lipinski definition) is 2. The Morgan fingerprint density at radius 2 is 1.94 bits per heavy atom. The summed E-state index contributed by atoms with van der Waals surface area (Å²) < 4.78 is 10.7. The van der Waals surface area contributed by atoms with Gasteiger partial charge in [-0.2, -0.15) is 0 Å². The third-order valence-corrected chi connectivity index (χ3v) is 2.69. The number of ether oxygens (including phenoxy) is 2. The standard InChI is InChI=1S/C12H14O5/c1-7(12(14)15)4-8-5-10-11(6-9(8)13)17-3-2-16-10/h5-7,13H,2-4H2,1H3,(H,14,15). The molecule has 0 spiro atoms. The highest BCUT2D eigenvalue weighted by molar-refractivity contribution is 5.70. The highest BCUT2D eigenvalue weighted by Gasteiger charge is 2.19. The number of phenolic OH excluding ortho intramolecular Hbond substituents is 1. The minimum absolute atomic E-state index is 0.0438. The Kier molecular flexibility index (Phi) is 3.08. The Labute approximate surface area is 98.6 Å². The second kappa shape index (κ2) is 4.53. The first kappa shape index (κ1) is 11.6. The number of carboxylic acids is 1. The van der Waals surface area contributed by atoms with Crippen molar-refractivity contribution < 1.29 is 24.5 Å². The van der Waals surface area contributed by atoms with E-state index in [2.05, 4.69) is 0 Å². The lowest BCUT2D eigenvalue weighted by Gasteiger charge is -2.20. The van der Waals surface area contributed by atoms with E-state index in [9.17, 15) is 9.90 Å². The SMILES string of the molecule is CC(Cc1cc2c(cc1O)OCCO2)C(=O)O. The predicted octanol–water partition coefficient (Wildman–Crippen LogP) is 1.43. The number of benzene rings is 1. The molecule has 1 atom stereocenters. The van der Waals surface area contributed by atoms with Gasteiger partial charge in [-0.3, -0.25) is 4.79 Å². The average Bonchev–Trinajstić information content (AvgIpc) is 2.29. The molecule has 1 unspecified atom stereocenters. The van der Waals surface area contributed by atoms with E-state index in [4.69, 9.17) is 14.6 Å². The minimum atomic E-state index is -0.890. The molecule has 0 radical (unpaired) electrons. The third kappa shape index (κ3) is 2.43. The summed E-state index contributed by atoms with van der Waals surface area (Å²) in [5.74, 6) is -0.341. The quantitative estimate of drug-likeness (QED) is 0.833. The van der Waals surface area contributed by atoms with Crippen LogP contribution in [-0.4, -0.2) is 29.4 Å². The van der Waals surface area contributed by atoms with Crippen LogP contribution < -0.4 is 9.47 Å². The first-order chi connectivity index (χ1) is 8.08. The smallest absolute Gasteiger partial charge is 0.306 e. The molecule has 1 aromatic rings. The topological polar surface area (TPSA) is 76.0 Å². The van der Waals surface area contributed by atoms with Crippen molar-refractivity contribution in [3.63, 3.8) is 0 Å². The molecule has 1 aliphatic rings. The number of hydrogen-bond acceptors (Lipinski definition) is 4. The summed E-state index contributed by atoms with van der Waals surface area (Å²) in [5.41, 5.74) is 0.559. The predicted molar refractivity (Wildman–Crippen MR) is 59.6 cm³/mol. The molecule has 5 nitrogen and oxygen atoms in total. The van der Waals surface area contributed by atoms with Crippen LogP contribution in [0.5, 0.6) is 17.2 Å². The lowest BCUT2D eigenvalue weighted by atomic mass is 10.00. The molecule has 2 rings (SSSR count). The van der Waals surface area contributed by atoms with Crippen LogP contribution in [0, 0.1) is 5.92 Å². The summed E-state index contributed by atoms with van der Waals surface area (Å²) in [6.07, 6.45) is 0.262. The molecule has 17 heavy (non-hydrogen) atoms. The van der Waals surface area contributed by atoms with E-state index in [1.807, 2.05) is 0 Å². The monoisotopic (exact) mass is 238 g/mol. The highest BCUT2D eigenvalue weighted by atomic mass is 16.6. The Morgan fingerprint density at radius 1 is 1.35 bits per heavy atom. The fourth-order valence-electron chi connectivity index (χ4n) is 1.70. The van der Waals surface area contributed by atoms with Gasteiger partial charge in [-0.05, 0) is 18.1 Å². The Bertz CT molecular complexity index is 441. The number of rotatable bonds is 3. The molecule has 1 aliphatic heterocycles. The van der Waals surface area contributed by atoms with Gasteiger partial charge in [-0.1, -0.05) is 6.92 Å². The van der Waals surface area contributed by atoms with Crippen LogP contribution in [-0.2, 0) is 11.2 Å². The molecule has 0 fully saturated rings. The normalized spacial score (nSPS) is 15.4. The van der Waals surface area contributed by atoms with E-state index in [1.54, 1.807) is 13.0 Å². The van der Waals surface area contributed by atoms with Crippen molar-refractivity contribution in [2.24, 2.45) is 5.92 Å². The van der Waals surface area contributed by atoms with Gasteiger partial charge in [0.05, 0.1) is 5.92 Å². The van der Waals surface area contributed by atoms with Gasteiger partial charge in [0.15, 0.2) is 11.5 Å². The first-order valence-electron chi connectivity index (χ1n) is 5.42. The second-order valence-electron chi connectivity index (χ2n) is 4.07. The summed E-state index contributed by atoms with van der Waals surface area (Å²) in [5, 5.41) is 18.6. The maximum absolute atomic E-state index is 10.8. The number of phenols is 1. The van der Waals surface area contributed by atoms with E-state index in [1.165, 1.54) is 6.07 Å². The first-order valence-corrected chi connectivity index (χ1v) is 5.42. The number of carboxylic acid groups (broad SMARTS) is 1. The molecule has 5 heteroatoms. The fraction of sp³-hybridized carbons (Fsp3) is 0.417. The molecular formula is C12H14O5. The van der Waals surface area contributed by atoms with Crippen LogP contribution >= 0.6 is 0 Å². The molecule has 0 saturated carbocycles. The van der Waals surface area contributed by atoms with E-state index < -0.39 is 11.9 Å². The van der Waals surface area contributed by atoms with E-state index in [0.29, 0.717) is 30.3 Å². The average molecular weight is 238 g/mol. The van der Waals surface area contributed by atoms with Gasteiger partial charge in [-0.15, -0.1) is 0 Å². The largest absolute Gasteiger partial charge is 0.508 e. The van der Waals surface area contributed by atoms with Crippen LogP contribution in [0.4, 0.5) is 0 Å². The Hall–Kier alpha value is -1.91.